The van der Waals surface area contributed by atoms with Crippen molar-refractivity contribution in [3.63, 3.8) is 0 Å². The molecule has 0 radical (unpaired) electrons. The van der Waals surface area contributed by atoms with Crippen molar-refractivity contribution in [1.29, 1.82) is 0 Å². The molecule has 0 aromatic heterocycles. The Bertz CT molecular complexity index is 213. The second-order valence-corrected chi connectivity index (χ2v) is 5.10. The van der Waals surface area contributed by atoms with Crippen molar-refractivity contribution in [2.75, 3.05) is 26.4 Å². The lowest BCUT2D eigenvalue weighted by Crippen LogP contribution is -2.30. The van der Waals surface area contributed by atoms with Crippen LogP contribution >= 0.6 is 0 Å². The van der Waals surface area contributed by atoms with Crippen molar-refractivity contribution in [2.45, 2.75) is 45.7 Å². The lowest BCUT2D eigenvalue weighted by Gasteiger charge is -2.28. The van der Waals surface area contributed by atoms with Gasteiger partial charge < -0.3 is 18.9 Å². The zero-order chi connectivity index (χ0) is 12.1. The molecule has 2 heterocycles. The largest absolute Gasteiger partial charge is 0.353 e. The average Bonchev–Trinajstić information content (AvgIpc) is 2.54. The summed E-state index contributed by atoms with van der Waals surface area (Å²) in [6, 6.07) is 0. The molecule has 4 heteroatoms. The maximum absolute atomic E-state index is 5.59. The van der Waals surface area contributed by atoms with Crippen molar-refractivity contribution in [2.24, 2.45) is 11.8 Å². The fourth-order valence-corrected chi connectivity index (χ4v) is 2.31. The topological polar surface area (TPSA) is 36.9 Å². The monoisotopic (exact) mass is 244 g/mol. The van der Waals surface area contributed by atoms with Crippen LogP contribution in [0, 0.1) is 11.8 Å². The molecule has 0 N–H and O–H groups in total. The van der Waals surface area contributed by atoms with E-state index in [4.69, 9.17) is 18.9 Å². The van der Waals surface area contributed by atoms with E-state index >= 15 is 0 Å². The summed E-state index contributed by atoms with van der Waals surface area (Å²) in [6.07, 6.45) is 3.38. The van der Waals surface area contributed by atoms with Crippen LogP contribution < -0.4 is 0 Å². The highest BCUT2D eigenvalue weighted by Gasteiger charge is 2.22. The zero-order valence-electron chi connectivity index (χ0n) is 10.9. The Hall–Kier alpha value is -0.160. The summed E-state index contributed by atoms with van der Waals surface area (Å²) in [4.78, 5) is 0. The quantitative estimate of drug-likeness (QED) is 0.762. The van der Waals surface area contributed by atoms with Gasteiger partial charge in [0.25, 0.3) is 0 Å². The van der Waals surface area contributed by atoms with E-state index in [9.17, 15) is 0 Å². The highest BCUT2D eigenvalue weighted by molar-refractivity contribution is 4.67. The first-order chi connectivity index (χ1) is 8.24. The summed E-state index contributed by atoms with van der Waals surface area (Å²) < 4.78 is 22.0. The first kappa shape index (κ1) is 13.3. The van der Waals surface area contributed by atoms with Gasteiger partial charge in [0.1, 0.15) is 0 Å². The minimum Gasteiger partial charge on any atom is -0.353 e. The lowest BCUT2D eigenvalue weighted by atomic mass is 9.95. The van der Waals surface area contributed by atoms with Gasteiger partial charge in [-0.05, 0) is 39.0 Å². The van der Waals surface area contributed by atoms with Crippen LogP contribution in [0.3, 0.4) is 0 Å². The fraction of sp³-hybridized carbons (Fsp3) is 1.00. The second kappa shape index (κ2) is 6.69. The number of rotatable bonds is 3. The molecule has 100 valence electrons. The summed E-state index contributed by atoms with van der Waals surface area (Å²) in [7, 11) is 0. The molecule has 4 nitrogen and oxygen atoms in total. The van der Waals surface area contributed by atoms with Gasteiger partial charge in [-0.1, -0.05) is 0 Å². The Balaban J connectivity index is 1.64. The van der Waals surface area contributed by atoms with Crippen molar-refractivity contribution in [1.82, 2.24) is 0 Å². The molecular weight excluding hydrogens is 220 g/mol. The fourth-order valence-electron chi connectivity index (χ4n) is 2.31. The van der Waals surface area contributed by atoms with E-state index in [0.29, 0.717) is 11.8 Å². The van der Waals surface area contributed by atoms with E-state index in [-0.39, 0.29) is 12.6 Å². The normalized spacial score (nSPS) is 39.9. The minimum absolute atomic E-state index is 0.0262. The SMILES string of the molecule is CC1OCCC(CCC2COC(C)OC2)CO1. The summed E-state index contributed by atoms with van der Waals surface area (Å²) in [5, 5.41) is 0. The Morgan fingerprint density at radius 2 is 1.29 bits per heavy atom. The van der Waals surface area contributed by atoms with Gasteiger partial charge in [0.05, 0.1) is 26.4 Å². The third-order valence-corrected chi connectivity index (χ3v) is 3.56. The van der Waals surface area contributed by atoms with E-state index in [0.717, 1.165) is 39.3 Å². The van der Waals surface area contributed by atoms with Crippen LogP contribution in [0.5, 0.6) is 0 Å². The number of hydrogen-bond donors (Lipinski definition) is 0. The molecule has 0 amide bonds. The molecule has 0 aromatic carbocycles. The van der Waals surface area contributed by atoms with E-state index in [1.165, 1.54) is 6.42 Å². The molecule has 0 bridgehead atoms. The summed E-state index contributed by atoms with van der Waals surface area (Å²) in [5.74, 6) is 1.17. The van der Waals surface area contributed by atoms with Crippen LogP contribution in [0.1, 0.15) is 33.1 Å². The molecular formula is C13H24O4. The molecule has 2 saturated heterocycles. The summed E-state index contributed by atoms with van der Waals surface area (Å²) in [5.41, 5.74) is 0. The Morgan fingerprint density at radius 3 is 2.00 bits per heavy atom. The lowest BCUT2D eigenvalue weighted by molar-refractivity contribution is -0.191. The predicted molar refractivity (Wildman–Crippen MR) is 63.6 cm³/mol. The average molecular weight is 244 g/mol. The van der Waals surface area contributed by atoms with Crippen LogP contribution in [-0.4, -0.2) is 39.0 Å². The molecule has 0 saturated carbocycles. The molecule has 2 unspecified atom stereocenters. The Labute approximate surface area is 104 Å². The molecule has 17 heavy (non-hydrogen) atoms. The van der Waals surface area contributed by atoms with Gasteiger partial charge >= 0.3 is 0 Å². The van der Waals surface area contributed by atoms with Crippen molar-refractivity contribution in [3.8, 4) is 0 Å². The van der Waals surface area contributed by atoms with Gasteiger partial charge in [0.15, 0.2) is 12.6 Å². The first-order valence-electron chi connectivity index (χ1n) is 6.70. The van der Waals surface area contributed by atoms with Crippen LogP contribution in [0.15, 0.2) is 0 Å². The van der Waals surface area contributed by atoms with Crippen LogP contribution in [0.25, 0.3) is 0 Å². The number of hydrogen-bond acceptors (Lipinski definition) is 4. The summed E-state index contributed by atoms with van der Waals surface area (Å²) in [6.45, 7) is 7.23. The maximum atomic E-state index is 5.59. The van der Waals surface area contributed by atoms with Crippen molar-refractivity contribution >= 4 is 0 Å². The maximum Gasteiger partial charge on any atom is 0.154 e. The molecule has 2 aliphatic heterocycles. The molecule has 2 aliphatic rings. The van der Waals surface area contributed by atoms with Gasteiger partial charge in [-0.3, -0.25) is 0 Å². The number of ether oxygens (including phenoxy) is 4. The molecule has 0 spiro atoms. The Kier molecular flexibility index (Phi) is 5.22. The van der Waals surface area contributed by atoms with E-state index in [2.05, 4.69) is 0 Å². The van der Waals surface area contributed by atoms with Crippen LogP contribution in [0.2, 0.25) is 0 Å². The van der Waals surface area contributed by atoms with E-state index in [1.54, 1.807) is 0 Å². The highest BCUT2D eigenvalue weighted by atomic mass is 16.7. The molecule has 0 aliphatic carbocycles. The van der Waals surface area contributed by atoms with E-state index < -0.39 is 0 Å². The van der Waals surface area contributed by atoms with Crippen LogP contribution in [0.4, 0.5) is 0 Å². The van der Waals surface area contributed by atoms with Crippen molar-refractivity contribution in [3.05, 3.63) is 0 Å². The predicted octanol–water partition coefficient (Wildman–Crippen LogP) is 2.17. The Morgan fingerprint density at radius 1 is 0.765 bits per heavy atom. The molecule has 0 aromatic rings. The van der Waals surface area contributed by atoms with Gasteiger partial charge in [0.2, 0.25) is 0 Å². The zero-order valence-corrected chi connectivity index (χ0v) is 10.9. The van der Waals surface area contributed by atoms with Gasteiger partial charge in [0, 0.05) is 5.92 Å². The standard InChI is InChI=1S/C13H24O4/c1-10-14-6-5-12(7-15-10)3-4-13-8-16-11(2)17-9-13/h10-13H,3-9H2,1-2H3. The minimum atomic E-state index is -0.0396. The summed E-state index contributed by atoms with van der Waals surface area (Å²) >= 11 is 0. The smallest absolute Gasteiger partial charge is 0.154 e. The van der Waals surface area contributed by atoms with Gasteiger partial charge in [-0.2, -0.15) is 0 Å². The molecule has 2 atom stereocenters. The van der Waals surface area contributed by atoms with Crippen LogP contribution in [-0.2, 0) is 18.9 Å². The highest BCUT2D eigenvalue weighted by Crippen LogP contribution is 2.22. The second-order valence-electron chi connectivity index (χ2n) is 5.10. The van der Waals surface area contributed by atoms with Gasteiger partial charge in [-0.15, -0.1) is 0 Å². The van der Waals surface area contributed by atoms with E-state index in [1.807, 2.05) is 13.8 Å². The third-order valence-electron chi connectivity index (χ3n) is 3.56. The molecule has 2 rings (SSSR count). The molecule has 2 fully saturated rings. The third kappa shape index (κ3) is 4.54. The van der Waals surface area contributed by atoms with Crippen molar-refractivity contribution < 1.29 is 18.9 Å². The first-order valence-corrected chi connectivity index (χ1v) is 6.70. The van der Waals surface area contributed by atoms with Gasteiger partial charge in [-0.25, -0.2) is 0 Å².